The van der Waals surface area contributed by atoms with E-state index in [1.807, 2.05) is 0 Å². The Bertz CT molecular complexity index is 354. The lowest BCUT2D eigenvalue weighted by Crippen LogP contribution is -2.13. The zero-order chi connectivity index (χ0) is 12.2. The van der Waals surface area contributed by atoms with Gasteiger partial charge in [0.05, 0.1) is 13.0 Å². The van der Waals surface area contributed by atoms with Crippen LogP contribution in [0.4, 0.5) is 13.2 Å². The van der Waals surface area contributed by atoms with Crippen molar-refractivity contribution in [3.05, 3.63) is 28.2 Å². The minimum Gasteiger partial charge on any atom is -0.493 e. The van der Waals surface area contributed by atoms with Crippen LogP contribution in [-0.2, 0) is 6.54 Å². The number of rotatable bonds is 4. The number of ether oxygens (including phenoxy) is 1. The lowest BCUT2D eigenvalue weighted by atomic mass is 10.2. The second-order valence-corrected chi connectivity index (χ2v) is 4.13. The quantitative estimate of drug-likeness (QED) is 0.926. The monoisotopic (exact) mass is 297 g/mol. The Morgan fingerprint density at radius 2 is 1.94 bits per heavy atom. The van der Waals surface area contributed by atoms with Crippen LogP contribution in [-0.4, -0.2) is 12.8 Å². The fourth-order valence-corrected chi connectivity index (χ4v) is 1.63. The number of benzene rings is 1. The summed E-state index contributed by atoms with van der Waals surface area (Å²) in [6.45, 7) is -0.0704. The Balaban J connectivity index is 2.57. The number of halogens is 4. The van der Waals surface area contributed by atoms with Crippen molar-refractivity contribution < 1.29 is 17.9 Å². The van der Waals surface area contributed by atoms with Gasteiger partial charge in [-0.05, 0) is 23.8 Å². The summed E-state index contributed by atoms with van der Waals surface area (Å²) in [7, 11) is 0. The van der Waals surface area contributed by atoms with Crippen LogP contribution >= 0.6 is 15.9 Å². The van der Waals surface area contributed by atoms with E-state index in [1.165, 1.54) is 0 Å². The molecule has 0 aromatic heterocycles. The summed E-state index contributed by atoms with van der Waals surface area (Å²) in [5.74, 6) is 0.388. The van der Waals surface area contributed by atoms with Crippen molar-refractivity contribution in [1.82, 2.24) is 0 Å². The third kappa shape index (κ3) is 4.85. The SMILES string of the molecule is NCc1cc(Br)cc(OCCC(F)(F)F)c1. The molecule has 0 aliphatic rings. The van der Waals surface area contributed by atoms with Crippen LogP contribution in [0.3, 0.4) is 0 Å². The second-order valence-electron chi connectivity index (χ2n) is 3.21. The summed E-state index contributed by atoms with van der Waals surface area (Å²) in [6, 6.07) is 5.02. The zero-order valence-electron chi connectivity index (χ0n) is 8.35. The number of nitrogens with two attached hydrogens (primary N) is 1. The summed E-state index contributed by atoms with van der Waals surface area (Å²) in [5.41, 5.74) is 6.23. The Kier molecular flexibility index (Phi) is 4.61. The third-order valence-electron chi connectivity index (χ3n) is 1.82. The molecule has 2 N–H and O–H groups in total. The summed E-state index contributed by atoms with van der Waals surface area (Å²) in [4.78, 5) is 0. The molecule has 0 unspecified atom stereocenters. The topological polar surface area (TPSA) is 35.2 Å². The van der Waals surface area contributed by atoms with Crippen molar-refractivity contribution in [2.75, 3.05) is 6.61 Å². The maximum Gasteiger partial charge on any atom is 0.392 e. The van der Waals surface area contributed by atoms with E-state index in [4.69, 9.17) is 10.5 Å². The Morgan fingerprint density at radius 1 is 1.25 bits per heavy atom. The first-order valence-electron chi connectivity index (χ1n) is 4.60. The zero-order valence-corrected chi connectivity index (χ0v) is 9.94. The normalized spacial score (nSPS) is 11.6. The van der Waals surface area contributed by atoms with Gasteiger partial charge in [0, 0.05) is 11.0 Å². The van der Waals surface area contributed by atoms with Gasteiger partial charge in [-0.2, -0.15) is 13.2 Å². The van der Waals surface area contributed by atoms with Crippen molar-refractivity contribution in [1.29, 1.82) is 0 Å². The van der Waals surface area contributed by atoms with Gasteiger partial charge in [-0.3, -0.25) is 0 Å². The molecule has 1 aromatic rings. The molecular formula is C10H11BrF3NO. The highest BCUT2D eigenvalue weighted by Crippen LogP contribution is 2.23. The molecule has 0 radical (unpaired) electrons. The minimum absolute atomic E-state index is 0.315. The van der Waals surface area contributed by atoms with Crippen LogP contribution in [0, 0.1) is 0 Å². The van der Waals surface area contributed by atoms with Gasteiger partial charge in [0.1, 0.15) is 5.75 Å². The number of hydrogen-bond donors (Lipinski definition) is 1. The van der Waals surface area contributed by atoms with Gasteiger partial charge in [0.2, 0.25) is 0 Å². The van der Waals surface area contributed by atoms with Crippen LogP contribution in [0.15, 0.2) is 22.7 Å². The van der Waals surface area contributed by atoms with Crippen molar-refractivity contribution in [2.45, 2.75) is 19.1 Å². The highest BCUT2D eigenvalue weighted by atomic mass is 79.9. The molecule has 0 saturated carbocycles. The molecular weight excluding hydrogens is 287 g/mol. The van der Waals surface area contributed by atoms with Crippen molar-refractivity contribution in [3.8, 4) is 5.75 Å². The van der Waals surface area contributed by atoms with Crippen molar-refractivity contribution in [2.24, 2.45) is 5.73 Å². The van der Waals surface area contributed by atoms with E-state index < -0.39 is 12.6 Å². The largest absolute Gasteiger partial charge is 0.493 e. The molecule has 2 nitrogen and oxygen atoms in total. The molecule has 0 amide bonds. The first kappa shape index (κ1) is 13.3. The number of alkyl halides is 3. The van der Waals surface area contributed by atoms with E-state index >= 15 is 0 Å². The first-order chi connectivity index (χ1) is 7.40. The summed E-state index contributed by atoms with van der Waals surface area (Å²) in [6.07, 6.45) is -5.15. The van der Waals surface area contributed by atoms with E-state index in [1.54, 1.807) is 18.2 Å². The summed E-state index contributed by atoms with van der Waals surface area (Å²) >= 11 is 3.23. The van der Waals surface area contributed by atoms with Gasteiger partial charge in [-0.25, -0.2) is 0 Å². The Labute approximate surface area is 99.7 Å². The van der Waals surface area contributed by atoms with Crippen LogP contribution in [0.2, 0.25) is 0 Å². The lowest BCUT2D eigenvalue weighted by Gasteiger charge is -2.10. The lowest BCUT2D eigenvalue weighted by molar-refractivity contribution is -0.139. The molecule has 0 aliphatic carbocycles. The van der Waals surface area contributed by atoms with Crippen LogP contribution < -0.4 is 10.5 Å². The molecule has 16 heavy (non-hydrogen) atoms. The van der Waals surface area contributed by atoms with E-state index in [-0.39, 0.29) is 6.61 Å². The maximum absolute atomic E-state index is 11.9. The first-order valence-corrected chi connectivity index (χ1v) is 5.39. The van der Waals surface area contributed by atoms with Gasteiger partial charge in [0.15, 0.2) is 0 Å². The van der Waals surface area contributed by atoms with Crippen LogP contribution in [0.1, 0.15) is 12.0 Å². The molecule has 6 heteroatoms. The Morgan fingerprint density at radius 3 is 2.50 bits per heavy atom. The minimum atomic E-state index is -4.19. The highest BCUT2D eigenvalue weighted by Gasteiger charge is 2.26. The van der Waals surface area contributed by atoms with Gasteiger partial charge in [0.25, 0.3) is 0 Å². The Hall–Kier alpha value is -0.750. The molecule has 0 aliphatic heterocycles. The standard InChI is InChI=1S/C10H11BrF3NO/c11-8-3-7(6-15)4-9(5-8)16-2-1-10(12,13)14/h3-5H,1-2,6,15H2. The van der Waals surface area contributed by atoms with Gasteiger partial charge in [-0.15, -0.1) is 0 Å². The molecule has 0 heterocycles. The summed E-state index contributed by atoms with van der Waals surface area (Å²) in [5, 5.41) is 0. The fraction of sp³-hybridized carbons (Fsp3) is 0.400. The van der Waals surface area contributed by atoms with Gasteiger partial charge < -0.3 is 10.5 Å². The number of hydrogen-bond acceptors (Lipinski definition) is 2. The molecule has 1 rings (SSSR count). The van der Waals surface area contributed by atoms with E-state index in [0.29, 0.717) is 12.3 Å². The van der Waals surface area contributed by atoms with E-state index in [2.05, 4.69) is 15.9 Å². The van der Waals surface area contributed by atoms with E-state index in [9.17, 15) is 13.2 Å². The summed E-state index contributed by atoms with van der Waals surface area (Å²) < 4.78 is 41.4. The predicted molar refractivity (Wildman–Crippen MR) is 58.2 cm³/mol. The average Bonchev–Trinajstić information content (AvgIpc) is 2.14. The van der Waals surface area contributed by atoms with Crippen LogP contribution in [0.25, 0.3) is 0 Å². The second kappa shape index (κ2) is 5.54. The fourth-order valence-electron chi connectivity index (χ4n) is 1.11. The molecule has 0 fully saturated rings. The van der Waals surface area contributed by atoms with Gasteiger partial charge in [-0.1, -0.05) is 15.9 Å². The molecule has 0 bridgehead atoms. The highest BCUT2D eigenvalue weighted by molar-refractivity contribution is 9.10. The smallest absolute Gasteiger partial charge is 0.392 e. The maximum atomic E-state index is 11.9. The van der Waals surface area contributed by atoms with Crippen molar-refractivity contribution >= 4 is 15.9 Å². The molecule has 1 aromatic carbocycles. The molecule has 0 atom stereocenters. The molecule has 0 spiro atoms. The average molecular weight is 298 g/mol. The van der Waals surface area contributed by atoms with E-state index in [0.717, 1.165) is 10.0 Å². The third-order valence-corrected chi connectivity index (χ3v) is 2.28. The van der Waals surface area contributed by atoms with Crippen molar-refractivity contribution in [3.63, 3.8) is 0 Å². The van der Waals surface area contributed by atoms with Crippen LogP contribution in [0.5, 0.6) is 5.75 Å². The molecule has 0 saturated heterocycles. The van der Waals surface area contributed by atoms with Gasteiger partial charge >= 0.3 is 6.18 Å². The molecule has 90 valence electrons. The predicted octanol–water partition coefficient (Wildman–Crippen LogP) is 3.24.